The average Bonchev–Trinajstić information content (AvgIpc) is 2.16. The van der Waals surface area contributed by atoms with Crippen molar-refractivity contribution in [1.29, 1.82) is 5.26 Å². The Hall–Kier alpha value is -1.27. The van der Waals surface area contributed by atoms with Gasteiger partial charge in [-0.05, 0) is 43.7 Å². The molecule has 0 atom stereocenters. The van der Waals surface area contributed by atoms with Crippen molar-refractivity contribution < 1.29 is 0 Å². The molecule has 0 heterocycles. The monoisotopic (exact) mass is 250 g/mol. The molecule has 3 heteroatoms. The van der Waals surface area contributed by atoms with Crippen molar-refractivity contribution in [1.82, 2.24) is 0 Å². The van der Waals surface area contributed by atoms with Crippen LogP contribution in [0.25, 0.3) is 0 Å². The molecular weight excluding hydrogens is 240 g/mol. The molecule has 14 heavy (non-hydrogen) atoms. The standard InChI is InChI=1S/C11H11BrN2/c1-8(2)11(7-13)14-10-5-3-9(12)4-6-10/h3-6,14H,1-2H3. The van der Waals surface area contributed by atoms with E-state index in [0.717, 1.165) is 15.7 Å². The van der Waals surface area contributed by atoms with Gasteiger partial charge in [0.1, 0.15) is 11.8 Å². The lowest BCUT2D eigenvalue weighted by atomic mass is 10.2. The van der Waals surface area contributed by atoms with E-state index in [4.69, 9.17) is 5.26 Å². The highest BCUT2D eigenvalue weighted by molar-refractivity contribution is 9.10. The minimum atomic E-state index is 0.604. The van der Waals surface area contributed by atoms with Crippen LogP contribution in [0.4, 0.5) is 5.69 Å². The third-order valence-corrected chi connectivity index (χ3v) is 2.25. The molecule has 0 unspecified atom stereocenters. The van der Waals surface area contributed by atoms with E-state index in [-0.39, 0.29) is 0 Å². The van der Waals surface area contributed by atoms with Crippen LogP contribution >= 0.6 is 15.9 Å². The fourth-order valence-electron chi connectivity index (χ4n) is 0.942. The zero-order valence-electron chi connectivity index (χ0n) is 8.13. The van der Waals surface area contributed by atoms with Gasteiger partial charge < -0.3 is 5.32 Å². The van der Waals surface area contributed by atoms with E-state index in [1.165, 1.54) is 0 Å². The lowest BCUT2D eigenvalue weighted by Crippen LogP contribution is -1.98. The second kappa shape index (κ2) is 4.83. The van der Waals surface area contributed by atoms with E-state index in [2.05, 4.69) is 27.3 Å². The first-order valence-corrected chi connectivity index (χ1v) is 5.03. The molecule has 1 aromatic rings. The Morgan fingerprint density at radius 1 is 1.29 bits per heavy atom. The molecule has 0 aromatic heterocycles. The third kappa shape index (κ3) is 2.90. The van der Waals surface area contributed by atoms with Gasteiger partial charge in [-0.25, -0.2) is 0 Å². The number of nitrogens with one attached hydrogen (secondary N) is 1. The van der Waals surface area contributed by atoms with Crippen LogP contribution in [0.15, 0.2) is 40.0 Å². The maximum atomic E-state index is 8.83. The molecule has 0 aliphatic rings. The summed E-state index contributed by atoms with van der Waals surface area (Å²) < 4.78 is 1.03. The summed E-state index contributed by atoms with van der Waals surface area (Å²) >= 11 is 3.35. The van der Waals surface area contributed by atoms with Gasteiger partial charge in [0.05, 0.1) is 0 Å². The minimum Gasteiger partial charge on any atom is -0.347 e. The van der Waals surface area contributed by atoms with Crippen molar-refractivity contribution in [2.45, 2.75) is 13.8 Å². The molecule has 2 nitrogen and oxygen atoms in total. The molecule has 0 aliphatic heterocycles. The number of allylic oxidation sites excluding steroid dienone is 2. The predicted octanol–water partition coefficient (Wildman–Crippen LogP) is 3.68. The number of rotatable bonds is 2. The second-order valence-electron chi connectivity index (χ2n) is 3.12. The van der Waals surface area contributed by atoms with Gasteiger partial charge in [-0.3, -0.25) is 0 Å². The van der Waals surface area contributed by atoms with Crippen molar-refractivity contribution >= 4 is 21.6 Å². The molecule has 1 N–H and O–H groups in total. The van der Waals surface area contributed by atoms with E-state index in [1.54, 1.807) is 0 Å². The predicted molar refractivity (Wildman–Crippen MR) is 61.8 cm³/mol. The summed E-state index contributed by atoms with van der Waals surface area (Å²) in [6.07, 6.45) is 0. The lowest BCUT2D eigenvalue weighted by molar-refractivity contribution is 1.29. The Bertz CT molecular complexity index is 381. The van der Waals surface area contributed by atoms with Crippen LogP contribution in [-0.4, -0.2) is 0 Å². The average molecular weight is 251 g/mol. The van der Waals surface area contributed by atoms with Crippen LogP contribution in [-0.2, 0) is 0 Å². The van der Waals surface area contributed by atoms with Crippen molar-refractivity contribution in [2.75, 3.05) is 5.32 Å². The molecule has 0 fully saturated rings. The first-order chi connectivity index (χ1) is 6.63. The molecule has 0 aliphatic carbocycles. The largest absolute Gasteiger partial charge is 0.347 e. The Labute approximate surface area is 92.4 Å². The summed E-state index contributed by atoms with van der Waals surface area (Å²) in [7, 11) is 0. The summed E-state index contributed by atoms with van der Waals surface area (Å²) in [6.45, 7) is 3.81. The fraction of sp³-hybridized carbons (Fsp3) is 0.182. The van der Waals surface area contributed by atoms with E-state index < -0.39 is 0 Å². The molecule has 0 amide bonds. The summed E-state index contributed by atoms with van der Waals surface area (Å²) in [5.74, 6) is 0. The highest BCUT2D eigenvalue weighted by Crippen LogP contribution is 2.16. The van der Waals surface area contributed by atoms with Crippen LogP contribution in [0.5, 0.6) is 0 Å². The van der Waals surface area contributed by atoms with Crippen LogP contribution < -0.4 is 5.32 Å². The Balaban J connectivity index is 2.85. The van der Waals surface area contributed by atoms with Gasteiger partial charge in [0, 0.05) is 10.2 Å². The number of benzene rings is 1. The normalized spacial score (nSPS) is 9.00. The summed E-state index contributed by atoms with van der Waals surface area (Å²) in [4.78, 5) is 0. The molecular formula is C11H11BrN2. The summed E-state index contributed by atoms with van der Waals surface area (Å²) in [6, 6.07) is 9.83. The van der Waals surface area contributed by atoms with Gasteiger partial charge in [0.15, 0.2) is 0 Å². The van der Waals surface area contributed by atoms with Crippen LogP contribution in [0.3, 0.4) is 0 Å². The summed E-state index contributed by atoms with van der Waals surface area (Å²) in [5.41, 5.74) is 2.51. The number of hydrogen-bond acceptors (Lipinski definition) is 2. The zero-order chi connectivity index (χ0) is 10.6. The highest BCUT2D eigenvalue weighted by Gasteiger charge is 1.98. The second-order valence-corrected chi connectivity index (χ2v) is 4.03. The molecule has 0 spiro atoms. The number of nitrogens with zero attached hydrogens (tertiary/aromatic N) is 1. The number of halogens is 1. The van der Waals surface area contributed by atoms with Crippen molar-refractivity contribution in [3.05, 3.63) is 40.0 Å². The first kappa shape index (κ1) is 10.8. The van der Waals surface area contributed by atoms with Crippen molar-refractivity contribution in [3.8, 4) is 6.07 Å². The van der Waals surface area contributed by atoms with Crippen molar-refractivity contribution in [3.63, 3.8) is 0 Å². The zero-order valence-corrected chi connectivity index (χ0v) is 9.72. The molecule has 0 saturated carbocycles. The number of anilines is 1. The molecule has 1 aromatic carbocycles. The topological polar surface area (TPSA) is 35.8 Å². The molecule has 0 radical (unpaired) electrons. The Kier molecular flexibility index (Phi) is 3.73. The Morgan fingerprint density at radius 2 is 1.86 bits per heavy atom. The number of nitriles is 1. The smallest absolute Gasteiger partial charge is 0.117 e. The maximum Gasteiger partial charge on any atom is 0.117 e. The van der Waals surface area contributed by atoms with E-state index >= 15 is 0 Å². The quantitative estimate of drug-likeness (QED) is 0.814. The van der Waals surface area contributed by atoms with Crippen LogP contribution in [0.2, 0.25) is 0 Å². The van der Waals surface area contributed by atoms with E-state index in [9.17, 15) is 0 Å². The fourth-order valence-corrected chi connectivity index (χ4v) is 1.21. The van der Waals surface area contributed by atoms with Crippen LogP contribution in [0.1, 0.15) is 13.8 Å². The van der Waals surface area contributed by atoms with Crippen molar-refractivity contribution in [2.24, 2.45) is 0 Å². The highest BCUT2D eigenvalue weighted by atomic mass is 79.9. The van der Waals surface area contributed by atoms with Crippen LogP contribution in [0, 0.1) is 11.3 Å². The summed E-state index contributed by atoms with van der Waals surface area (Å²) in [5, 5.41) is 11.9. The number of hydrogen-bond donors (Lipinski definition) is 1. The van der Waals surface area contributed by atoms with Gasteiger partial charge in [-0.1, -0.05) is 15.9 Å². The minimum absolute atomic E-state index is 0.604. The lowest BCUT2D eigenvalue weighted by Gasteiger charge is -2.05. The Morgan fingerprint density at radius 3 is 2.29 bits per heavy atom. The van der Waals surface area contributed by atoms with E-state index in [0.29, 0.717) is 5.70 Å². The molecule has 1 rings (SSSR count). The van der Waals surface area contributed by atoms with Gasteiger partial charge in [-0.2, -0.15) is 5.26 Å². The van der Waals surface area contributed by atoms with E-state index in [1.807, 2.05) is 38.1 Å². The SMILES string of the molecule is CC(C)=C(C#N)Nc1ccc(Br)cc1. The first-order valence-electron chi connectivity index (χ1n) is 4.23. The maximum absolute atomic E-state index is 8.83. The molecule has 0 saturated heterocycles. The van der Waals surface area contributed by atoms with Gasteiger partial charge in [0.25, 0.3) is 0 Å². The van der Waals surface area contributed by atoms with Gasteiger partial charge in [-0.15, -0.1) is 0 Å². The molecule has 72 valence electrons. The molecule has 0 bridgehead atoms. The van der Waals surface area contributed by atoms with Gasteiger partial charge >= 0.3 is 0 Å². The third-order valence-electron chi connectivity index (χ3n) is 1.73. The van der Waals surface area contributed by atoms with Gasteiger partial charge in [0.2, 0.25) is 0 Å².